The van der Waals surface area contributed by atoms with Crippen molar-refractivity contribution in [3.05, 3.63) is 11.6 Å². The molecule has 0 saturated heterocycles. The fourth-order valence-corrected chi connectivity index (χ4v) is 5.79. The van der Waals surface area contributed by atoms with Crippen LogP contribution >= 0.6 is 0 Å². The molecule has 2 saturated carbocycles. The molecule has 2 heteroatoms. The smallest absolute Gasteiger partial charge is 0.308 e. The van der Waals surface area contributed by atoms with Crippen molar-refractivity contribution in [2.45, 2.75) is 60.3 Å². The molecule has 0 aromatic heterocycles. The highest BCUT2D eigenvalue weighted by molar-refractivity contribution is 5.71. The average molecular weight is 290 g/mol. The van der Waals surface area contributed by atoms with E-state index in [-0.39, 0.29) is 17.3 Å². The van der Waals surface area contributed by atoms with Gasteiger partial charge in [0.15, 0.2) is 0 Å². The van der Waals surface area contributed by atoms with E-state index >= 15 is 0 Å². The van der Waals surface area contributed by atoms with Gasteiger partial charge >= 0.3 is 5.97 Å². The van der Waals surface area contributed by atoms with Crippen LogP contribution in [0.15, 0.2) is 11.6 Å². The van der Waals surface area contributed by atoms with Gasteiger partial charge in [-0.1, -0.05) is 39.3 Å². The first-order chi connectivity index (χ1) is 9.82. The molecule has 118 valence electrons. The summed E-state index contributed by atoms with van der Waals surface area (Å²) in [5, 5.41) is 0. The molecule has 0 N–H and O–H groups in total. The fourth-order valence-electron chi connectivity index (χ4n) is 5.79. The molecule has 5 atom stereocenters. The van der Waals surface area contributed by atoms with Gasteiger partial charge in [-0.3, -0.25) is 4.79 Å². The Balaban J connectivity index is 1.83. The van der Waals surface area contributed by atoms with Crippen molar-refractivity contribution in [3.63, 3.8) is 0 Å². The first kappa shape index (κ1) is 15.1. The summed E-state index contributed by atoms with van der Waals surface area (Å²) in [6.45, 7) is 11.5. The number of rotatable bonds is 3. The van der Waals surface area contributed by atoms with Crippen molar-refractivity contribution in [1.82, 2.24) is 0 Å². The number of carbonyl (C=O) groups is 1. The molecular formula is C19H30O2. The molecule has 0 heterocycles. The van der Waals surface area contributed by atoms with Crippen molar-refractivity contribution in [3.8, 4) is 0 Å². The van der Waals surface area contributed by atoms with E-state index in [9.17, 15) is 4.79 Å². The van der Waals surface area contributed by atoms with Crippen LogP contribution in [0.5, 0.6) is 0 Å². The zero-order valence-electron chi connectivity index (χ0n) is 14.2. The maximum absolute atomic E-state index is 11.9. The SMILES string of the molecule is CC1=C[C@@H]2[C@](C)(COC(=O)C(C)C)[C@H]3CC[C@@H](C)[C@@]23CC1. The molecule has 0 unspecified atom stereocenters. The normalized spacial score (nSPS) is 44.7. The first-order valence-corrected chi connectivity index (χ1v) is 8.66. The van der Waals surface area contributed by atoms with E-state index in [4.69, 9.17) is 4.74 Å². The van der Waals surface area contributed by atoms with E-state index in [0.29, 0.717) is 17.9 Å². The van der Waals surface area contributed by atoms with Crippen LogP contribution in [0.1, 0.15) is 60.3 Å². The van der Waals surface area contributed by atoms with Gasteiger partial charge in [-0.25, -0.2) is 0 Å². The fraction of sp³-hybridized carbons (Fsp3) is 0.842. The van der Waals surface area contributed by atoms with Crippen molar-refractivity contribution in [2.24, 2.45) is 34.5 Å². The third-order valence-corrected chi connectivity index (χ3v) is 6.94. The summed E-state index contributed by atoms with van der Waals surface area (Å²) >= 11 is 0. The summed E-state index contributed by atoms with van der Waals surface area (Å²) in [4.78, 5) is 11.9. The summed E-state index contributed by atoms with van der Waals surface area (Å²) in [6.07, 6.45) is 7.80. The van der Waals surface area contributed by atoms with Crippen LogP contribution in [0, 0.1) is 34.5 Å². The lowest BCUT2D eigenvalue weighted by atomic mass is 9.36. The Hall–Kier alpha value is -0.790. The predicted octanol–water partition coefficient (Wildman–Crippen LogP) is 4.59. The maximum atomic E-state index is 11.9. The highest BCUT2D eigenvalue weighted by Crippen LogP contribution is 2.76. The molecule has 1 spiro atoms. The third kappa shape index (κ3) is 1.94. The van der Waals surface area contributed by atoms with Gasteiger partial charge in [-0.15, -0.1) is 0 Å². The van der Waals surface area contributed by atoms with Gasteiger partial charge in [0.2, 0.25) is 0 Å². The molecule has 0 aliphatic heterocycles. The highest BCUT2D eigenvalue weighted by Gasteiger charge is 2.71. The van der Waals surface area contributed by atoms with Gasteiger partial charge in [-0.05, 0) is 55.8 Å². The van der Waals surface area contributed by atoms with Gasteiger partial charge in [0.25, 0.3) is 0 Å². The van der Waals surface area contributed by atoms with Gasteiger partial charge in [0, 0.05) is 5.41 Å². The van der Waals surface area contributed by atoms with E-state index in [0.717, 1.165) is 11.8 Å². The number of hydrogen-bond donors (Lipinski definition) is 0. The number of ether oxygens (including phenoxy) is 1. The Morgan fingerprint density at radius 1 is 1.43 bits per heavy atom. The Kier molecular flexibility index (Phi) is 3.50. The molecule has 2 fully saturated rings. The second-order valence-corrected chi connectivity index (χ2v) is 8.40. The third-order valence-electron chi connectivity index (χ3n) is 6.94. The van der Waals surface area contributed by atoms with Gasteiger partial charge in [0.1, 0.15) is 0 Å². The van der Waals surface area contributed by atoms with Crippen LogP contribution < -0.4 is 0 Å². The number of hydrogen-bond acceptors (Lipinski definition) is 2. The largest absolute Gasteiger partial charge is 0.465 e. The molecule has 3 aliphatic carbocycles. The number of esters is 1. The molecule has 21 heavy (non-hydrogen) atoms. The lowest BCUT2D eigenvalue weighted by Crippen LogP contribution is -2.65. The van der Waals surface area contributed by atoms with Crippen LogP contribution in [-0.4, -0.2) is 12.6 Å². The van der Waals surface area contributed by atoms with E-state index < -0.39 is 0 Å². The Labute approximate surface area is 129 Å². The van der Waals surface area contributed by atoms with Crippen molar-refractivity contribution >= 4 is 5.97 Å². The molecule has 3 rings (SSSR count). The molecule has 2 nitrogen and oxygen atoms in total. The molecule has 0 aromatic carbocycles. The Bertz CT molecular complexity index is 478. The monoisotopic (exact) mass is 290 g/mol. The summed E-state index contributed by atoms with van der Waals surface area (Å²) in [7, 11) is 0. The quantitative estimate of drug-likeness (QED) is 0.561. The summed E-state index contributed by atoms with van der Waals surface area (Å²) in [5.74, 6) is 2.11. The minimum atomic E-state index is -0.0451. The van der Waals surface area contributed by atoms with Crippen LogP contribution in [0.2, 0.25) is 0 Å². The number of carbonyl (C=O) groups excluding carboxylic acids is 1. The lowest BCUT2D eigenvalue weighted by Gasteiger charge is -2.68. The summed E-state index contributed by atoms with van der Waals surface area (Å²) in [6, 6.07) is 0. The Morgan fingerprint density at radius 3 is 2.81 bits per heavy atom. The van der Waals surface area contributed by atoms with Gasteiger partial charge in [0.05, 0.1) is 12.5 Å². The lowest BCUT2D eigenvalue weighted by molar-refractivity contribution is -0.207. The molecule has 0 aromatic rings. The molecule has 0 radical (unpaired) electrons. The van der Waals surface area contributed by atoms with Gasteiger partial charge < -0.3 is 4.74 Å². The van der Waals surface area contributed by atoms with Crippen LogP contribution in [0.3, 0.4) is 0 Å². The van der Waals surface area contributed by atoms with Crippen LogP contribution in [0.25, 0.3) is 0 Å². The molecule has 3 aliphatic rings. The second-order valence-electron chi connectivity index (χ2n) is 8.40. The van der Waals surface area contributed by atoms with E-state index in [1.807, 2.05) is 13.8 Å². The minimum Gasteiger partial charge on any atom is -0.465 e. The minimum absolute atomic E-state index is 0.0235. The molecular weight excluding hydrogens is 260 g/mol. The topological polar surface area (TPSA) is 26.3 Å². The van der Waals surface area contributed by atoms with Crippen molar-refractivity contribution in [2.75, 3.05) is 6.61 Å². The second kappa shape index (κ2) is 4.86. The maximum Gasteiger partial charge on any atom is 0.308 e. The zero-order chi connectivity index (χ0) is 15.4. The van der Waals surface area contributed by atoms with Crippen molar-refractivity contribution < 1.29 is 9.53 Å². The summed E-state index contributed by atoms with van der Waals surface area (Å²) < 4.78 is 5.67. The predicted molar refractivity (Wildman–Crippen MR) is 84.7 cm³/mol. The standard InChI is InChI=1S/C19H30O2/c1-12(2)17(20)21-11-18(5)15-7-6-14(4)19(15)9-8-13(3)10-16(18)19/h10,12,14-16H,6-9,11H2,1-5H3/t14-,15-,16-,18-,19-/m1/s1. The van der Waals surface area contributed by atoms with Crippen LogP contribution in [0.4, 0.5) is 0 Å². The van der Waals surface area contributed by atoms with Gasteiger partial charge in [-0.2, -0.15) is 0 Å². The van der Waals surface area contributed by atoms with Crippen molar-refractivity contribution in [1.29, 1.82) is 0 Å². The Morgan fingerprint density at radius 2 is 2.14 bits per heavy atom. The van der Waals surface area contributed by atoms with E-state index in [1.165, 1.54) is 31.3 Å². The molecule has 0 amide bonds. The van der Waals surface area contributed by atoms with E-state index in [1.54, 1.807) is 0 Å². The first-order valence-electron chi connectivity index (χ1n) is 8.66. The van der Waals surface area contributed by atoms with Crippen LogP contribution in [-0.2, 0) is 9.53 Å². The number of allylic oxidation sites excluding steroid dienone is 2. The molecule has 0 bridgehead atoms. The summed E-state index contributed by atoms with van der Waals surface area (Å²) in [5.41, 5.74) is 2.21. The highest BCUT2D eigenvalue weighted by atomic mass is 16.5. The van der Waals surface area contributed by atoms with E-state index in [2.05, 4.69) is 26.8 Å². The average Bonchev–Trinajstić information content (AvgIpc) is 2.73. The zero-order valence-corrected chi connectivity index (χ0v) is 14.2.